The zero-order valence-electron chi connectivity index (χ0n) is 10.8. The molecule has 1 saturated carbocycles. The summed E-state index contributed by atoms with van der Waals surface area (Å²) in [6.07, 6.45) is -0.412. The van der Waals surface area contributed by atoms with E-state index in [2.05, 4.69) is 10.4 Å². The molecule has 18 heavy (non-hydrogen) atoms. The van der Waals surface area contributed by atoms with Crippen LogP contribution < -0.4 is 5.32 Å². The van der Waals surface area contributed by atoms with Crippen LogP contribution >= 0.6 is 0 Å². The maximum Gasteiger partial charge on any atom is 0.406 e. The molecule has 102 valence electrons. The third kappa shape index (κ3) is 2.53. The molecule has 0 atom stereocenters. The van der Waals surface area contributed by atoms with Crippen LogP contribution in [0.2, 0.25) is 0 Å². The van der Waals surface area contributed by atoms with Crippen LogP contribution in [0.4, 0.5) is 13.2 Å². The lowest BCUT2D eigenvalue weighted by Gasteiger charge is -2.20. The van der Waals surface area contributed by atoms with Crippen molar-refractivity contribution in [2.45, 2.75) is 57.4 Å². The minimum absolute atomic E-state index is 0.153. The Morgan fingerprint density at radius 2 is 1.94 bits per heavy atom. The van der Waals surface area contributed by atoms with Gasteiger partial charge in [0.15, 0.2) is 0 Å². The number of hydrogen-bond donors (Lipinski definition) is 1. The summed E-state index contributed by atoms with van der Waals surface area (Å²) >= 11 is 0. The lowest BCUT2D eigenvalue weighted by atomic mass is 10.1. The first-order chi connectivity index (χ1) is 8.14. The van der Waals surface area contributed by atoms with Crippen molar-refractivity contribution in [1.29, 1.82) is 0 Å². The topological polar surface area (TPSA) is 29.9 Å². The maximum atomic E-state index is 12.7. The molecule has 0 aromatic carbocycles. The number of aromatic nitrogens is 2. The Morgan fingerprint density at radius 1 is 1.33 bits per heavy atom. The highest BCUT2D eigenvalue weighted by molar-refractivity contribution is 5.12. The molecule has 1 aromatic heterocycles. The number of nitrogens with one attached hydrogen (secondary N) is 1. The van der Waals surface area contributed by atoms with Crippen LogP contribution in [-0.2, 0) is 12.1 Å². The summed E-state index contributed by atoms with van der Waals surface area (Å²) in [5, 5.41) is 6.78. The normalized spacial score (nSPS) is 19.0. The van der Waals surface area contributed by atoms with Crippen LogP contribution in [0.1, 0.15) is 39.2 Å². The van der Waals surface area contributed by atoms with Crippen molar-refractivity contribution < 1.29 is 13.2 Å². The molecule has 3 nitrogen and oxygen atoms in total. The Bertz CT molecular complexity index is 425. The van der Waals surface area contributed by atoms with E-state index in [1.807, 2.05) is 20.8 Å². The number of halogens is 3. The van der Waals surface area contributed by atoms with Gasteiger partial charge in [-0.3, -0.25) is 10.00 Å². The van der Waals surface area contributed by atoms with E-state index >= 15 is 0 Å². The van der Waals surface area contributed by atoms with Crippen molar-refractivity contribution in [3.8, 4) is 0 Å². The van der Waals surface area contributed by atoms with Gasteiger partial charge in [0.1, 0.15) is 5.54 Å². The number of nitrogens with zero attached hydrogens (tertiary/aromatic N) is 2. The van der Waals surface area contributed by atoms with Gasteiger partial charge in [-0.15, -0.1) is 0 Å². The van der Waals surface area contributed by atoms with Gasteiger partial charge in [-0.05, 0) is 33.6 Å². The van der Waals surface area contributed by atoms with Gasteiger partial charge in [0.05, 0.1) is 11.7 Å². The average Bonchev–Trinajstić information content (AvgIpc) is 2.85. The summed E-state index contributed by atoms with van der Waals surface area (Å²) in [6.45, 7) is 6.19. The smallest absolute Gasteiger partial charge is 0.299 e. The third-order valence-electron chi connectivity index (χ3n) is 3.25. The zero-order chi connectivity index (χ0) is 13.6. The molecular weight excluding hydrogens is 243 g/mol. The van der Waals surface area contributed by atoms with Gasteiger partial charge in [0.25, 0.3) is 0 Å². The van der Waals surface area contributed by atoms with E-state index in [9.17, 15) is 13.2 Å². The third-order valence-corrected chi connectivity index (χ3v) is 3.25. The van der Waals surface area contributed by atoms with E-state index in [-0.39, 0.29) is 24.9 Å². The van der Waals surface area contributed by atoms with Crippen LogP contribution in [0.25, 0.3) is 0 Å². The van der Waals surface area contributed by atoms with Gasteiger partial charge in [-0.2, -0.15) is 18.3 Å². The van der Waals surface area contributed by atoms with E-state index in [1.165, 1.54) is 0 Å². The molecule has 0 saturated heterocycles. The molecule has 6 heteroatoms. The largest absolute Gasteiger partial charge is 0.406 e. The van der Waals surface area contributed by atoms with Crippen LogP contribution in [0.15, 0.2) is 12.4 Å². The highest BCUT2D eigenvalue weighted by Crippen LogP contribution is 2.49. The molecule has 0 unspecified atom stereocenters. The first-order valence-electron chi connectivity index (χ1n) is 6.00. The fourth-order valence-electron chi connectivity index (χ4n) is 1.77. The quantitative estimate of drug-likeness (QED) is 0.906. The molecular formula is C12H18F3N3. The van der Waals surface area contributed by atoms with Crippen LogP contribution in [0.5, 0.6) is 0 Å². The second kappa shape index (κ2) is 3.98. The van der Waals surface area contributed by atoms with Gasteiger partial charge < -0.3 is 0 Å². The first-order valence-corrected chi connectivity index (χ1v) is 6.00. The standard InChI is InChI=1S/C12H18F3N3/c1-10(2,3)18-8-9(7-17-18)6-16-11(4-5-11)12(13,14)15/h7-8,16H,4-6H2,1-3H3. The van der Waals surface area contributed by atoms with Crippen molar-refractivity contribution in [2.24, 2.45) is 0 Å². The Labute approximate surface area is 104 Å². The SMILES string of the molecule is CC(C)(C)n1cc(CNC2(C(F)(F)F)CC2)cn1. The van der Waals surface area contributed by atoms with Crippen LogP contribution in [0, 0.1) is 0 Å². The molecule has 1 fully saturated rings. The molecule has 1 heterocycles. The molecule has 0 amide bonds. The highest BCUT2D eigenvalue weighted by Gasteiger charge is 2.62. The maximum absolute atomic E-state index is 12.7. The number of rotatable bonds is 3. The highest BCUT2D eigenvalue weighted by atomic mass is 19.4. The minimum atomic E-state index is -4.16. The molecule has 0 bridgehead atoms. The summed E-state index contributed by atoms with van der Waals surface area (Å²) in [5.41, 5.74) is -1.03. The average molecular weight is 261 g/mol. The van der Waals surface area contributed by atoms with Crippen molar-refractivity contribution in [3.63, 3.8) is 0 Å². The summed E-state index contributed by atoms with van der Waals surface area (Å²) < 4.78 is 39.9. The summed E-state index contributed by atoms with van der Waals surface area (Å²) in [7, 11) is 0. The number of alkyl halides is 3. The molecule has 1 aliphatic carbocycles. The predicted octanol–water partition coefficient (Wildman–Crippen LogP) is 2.82. The minimum Gasteiger partial charge on any atom is -0.299 e. The second-order valence-corrected chi connectivity index (χ2v) is 5.90. The van der Waals surface area contributed by atoms with Crippen molar-refractivity contribution in [3.05, 3.63) is 18.0 Å². The molecule has 1 aliphatic rings. The van der Waals surface area contributed by atoms with E-state index in [0.29, 0.717) is 0 Å². The van der Waals surface area contributed by atoms with Crippen LogP contribution in [0.3, 0.4) is 0 Å². The Hall–Kier alpha value is -1.04. The summed E-state index contributed by atoms with van der Waals surface area (Å²) in [4.78, 5) is 0. The molecule has 0 aliphatic heterocycles. The lowest BCUT2D eigenvalue weighted by molar-refractivity contribution is -0.166. The predicted molar refractivity (Wildman–Crippen MR) is 62.1 cm³/mol. The molecule has 1 N–H and O–H groups in total. The van der Waals surface area contributed by atoms with E-state index < -0.39 is 11.7 Å². The van der Waals surface area contributed by atoms with Gasteiger partial charge in [0, 0.05) is 18.3 Å². The second-order valence-electron chi connectivity index (χ2n) is 5.90. The van der Waals surface area contributed by atoms with Gasteiger partial charge in [-0.25, -0.2) is 0 Å². The molecule has 0 spiro atoms. The van der Waals surface area contributed by atoms with E-state index in [4.69, 9.17) is 0 Å². The summed E-state index contributed by atoms with van der Waals surface area (Å²) in [6, 6.07) is 0. The van der Waals surface area contributed by atoms with Crippen molar-refractivity contribution in [2.75, 3.05) is 0 Å². The Kier molecular flexibility index (Phi) is 2.96. The monoisotopic (exact) mass is 261 g/mol. The molecule has 0 radical (unpaired) electrons. The fraction of sp³-hybridized carbons (Fsp3) is 0.750. The lowest BCUT2D eigenvalue weighted by Crippen LogP contribution is -2.44. The van der Waals surface area contributed by atoms with Crippen molar-refractivity contribution in [1.82, 2.24) is 15.1 Å². The Morgan fingerprint density at radius 3 is 2.33 bits per heavy atom. The van der Waals surface area contributed by atoms with Crippen LogP contribution in [-0.4, -0.2) is 21.5 Å². The van der Waals surface area contributed by atoms with E-state index in [1.54, 1.807) is 17.1 Å². The van der Waals surface area contributed by atoms with Gasteiger partial charge in [0.2, 0.25) is 0 Å². The summed E-state index contributed by atoms with van der Waals surface area (Å²) in [5.74, 6) is 0. The number of hydrogen-bond acceptors (Lipinski definition) is 2. The first kappa shape index (κ1) is 13.4. The van der Waals surface area contributed by atoms with Gasteiger partial charge in [-0.1, -0.05) is 0 Å². The molecule has 1 aromatic rings. The zero-order valence-corrected chi connectivity index (χ0v) is 10.8. The fourth-order valence-corrected chi connectivity index (χ4v) is 1.77. The Balaban J connectivity index is 1.98. The van der Waals surface area contributed by atoms with E-state index in [0.717, 1.165) is 5.56 Å². The molecule has 2 rings (SSSR count). The van der Waals surface area contributed by atoms with Crippen molar-refractivity contribution >= 4 is 0 Å². The van der Waals surface area contributed by atoms with Gasteiger partial charge >= 0.3 is 6.18 Å².